The Morgan fingerprint density at radius 3 is 2.12 bits per heavy atom. The van der Waals surface area contributed by atoms with Crippen LogP contribution in [-0.2, 0) is 9.59 Å². The number of hydrogen-bond donors (Lipinski definition) is 6. The molecule has 0 saturated carbocycles. The molecule has 1 aliphatic heterocycles. The number of hydrogen-bond acceptors (Lipinski definition) is 8. The smallest absolute Gasteiger partial charge is 0.335 e. The third kappa shape index (κ3) is 6.32. The number of nitrogens with zero attached hydrogens (tertiary/aromatic N) is 2. The number of aromatic nitrogens is 1. The zero-order chi connectivity index (χ0) is 19.7. The van der Waals surface area contributed by atoms with Crippen molar-refractivity contribution in [1.82, 2.24) is 9.88 Å². The molecule has 0 bridgehead atoms. The number of amides is 1. The lowest BCUT2D eigenvalue weighted by atomic mass is 10.0. The SMILES string of the molecule is N[C@@H](C(=O)N1CCCC1)[C@@H](O)c1ccncc1.O=C(O)[C@H](O)[C@@H](O)CO. The molecule has 146 valence electrons. The first-order chi connectivity index (χ1) is 12.3. The number of carboxylic acids is 1. The molecule has 1 aliphatic rings. The second-order valence-electron chi connectivity index (χ2n) is 5.82. The van der Waals surface area contributed by atoms with Crippen molar-refractivity contribution in [3.63, 3.8) is 0 Å². The second-order valence-corrected chi connectivity index (χ2v) is 5.82. The summed E-state index contributed by atoms with van der Waals surface area (Å²) in [6.07, 6.45) is 0.730. The van der Waals surface area contributed by atoms with Crippen LogP contribution in [0.15, 0.2) is 24.5 Å². The number of rotatable bonds is 6. The third-order valence-corrected chi connectivity index (χ3v) is 3.90. The zero-order valence-electron chi connectivity index (χ0n) is 14.2. The Morgan fingerprint density at radius 1 is 1.15 bits per heavy atom. The van der Waals surface area contributed by atoms with E-state index in [-0.39, 0.29) is 5.91 Å². The number of pyridine rings is 1. The van der Waals surface area contributed by atoms with E-state index >= 15 is 0 Å². The highest BCUT2D eigenvalue weighted by Crippen LogP contribution is 2.18. The fourth-order valence-electron chi connectivity index (χ4n) is 2.32. The molecule has 7 N–H and O–H groups in total. The highest BCUT2D eigenvalue weighted by atomic mass is 16.4. The number of aliphatic hydroxyl groups excluding tert-OH is 4. The number of nitrogens with two attached hydrogens (primary N) is 1. The van der Waals surface area contributed by atoms with Crippen molar-refractivity contribution in [2.24, 2.45) is 5.73 Å². The molecular weight excluding hydrogens is 346 g/mol. The maximum atomic E-state index is 12.0. The lowest BCUT2D eigenvalue weighted by Gasteiger charge is -2.23. The summed E-state index contributed by atoms with van der Waals surface area (Å²) in [5.74, 6) is -1.72. The molecule has 1 aromatic heterocycles. The molecule has 4 atom stereocenters. The van der Waals surface area contributed by atoms with Crippen LogP contribution < -0.4 is 5.73 Å². The lowest BCUT2D eigenvalue weighted by Crippen LogP contribution is -2.45. The first-order valence-electron chi connectivity index (χ1n) is 8.11. The van der Waals surface area contributed by atoms with Crippen LogP contribution >= 0.6 is 0 Å². The van der Waals surface area contributed by atoms with Gasteiger partial charge in [0.25, 0.3) is 0 Å². The van der Waals surface area contributed by atoms with Crippen molar-refractivity contribution in [2.45, 2.75) is 37.2 Å². The highest BCUT2D eigenvalue weighted by molar-refractivity contribution is 5.82. The number of aliphatic hydroxyl groups is 4. The summed E-state index contributed by atoms with van der Waals surface area (Å²) in [7, 11) is 0. The first kappa shape index (κ1) is 21.9. The van der Waals surface area contributed by atoms with E-state index in [2.05, 4.69) is 4.98 Å². The number of carbonyl (C=O) groups excluding carboxylic acids is 1. The number of carbonyl (C=O) groups is 2. The minimum absolute atomic E-state index is 0.174. The number of likely N-dealkylation sites (tertiary alicyclic amines) is 1. The molecule has 0 aliphatic carbocycles. The van der Waals surface area contributed by atoms with Crippen molar-refractivity contribution < 1.29 is 35.1 Å². The van der Waals surface area contributed by atoms with Crippen LogP contribution in [0.25, 0.3) is 0 Å². The maximum absolute atomic E-state index is 12.0. The minimum atomic E-state index is -1.89. The average molecular weight is 371 g/mol. The Kier molecular flexibility index (Phi) is 9.10. The quantitative estimate of drug-likeness (QED) is 0.325. The van der Waals surface area contributed by atoms with Gasteiger partial charge in [0.2, 0.25) is 5.91 Å². The Balaban J connectivity index is 0.000000321. The zero-order valence-corrected chi connectivity index (χ0v) is 14.2. The van der Waals surface area contributed by atoms with Gasteiger partial charge in [0.15, 0.2) is 6.10 Å². The Morgan fingerprint density at radius 2 is 1.69 bits per heavy atom. The number of carboxylic acid groups (broad SMARTS) is 1. The molecule has 0 aromatic carbocycles. The van der Waals surface area contributed by atoms with Crippen molar-refractivity contribution in [1.29, 1.82) is 0 Å². The van der Waals surface area contributed by atoms with Crippen LogP contribution in [0.4, 0.5) is 0 Å². The van der Waals surface area contributed by atoms with Gasteiger partial charge in [-0.25, -0.2) is 4.79 Å². The van der Waals surface area contributed by atoms with E-state index in [9.17, 15) is 14.7 Å². The monoisotopic (exact) mass is 371 g/mol. The summed E-state index contributed by atoms with van der Waals surface area (Å²) in [4.78, 5) is 27.3. The van der Waals surface area contributed by atoms with Gasteiger partial charge in [-0.1, -0.05) is 0 Å². The topological polar surface area (TPSA) is 177 Å². The molecule has 0 spiro atoms. The van der Waals surface area contributed by atoms with Gasteiger partial charge in [-0.05, 0) is 30.5 Å². The van der Waals surface area contributed by atoms with Crippen LogP contribution in [0.2, 0.25) is 0 Å². The Hall–Kier alpha value is -2.11. The van der Waals surface area contributed by atoms with E-state index in [0.717, 1.165) is 25.9 Å². The van der Waals surface area contributed by atoms with Crippen molar-refractivity contribution in [2.75, 3.05) is 19.7 Å². The molecule has 1 amide bonds. The highest BCUT2D eigenvalue weighted by Gasteiger charge is 2.29. The van der Waals surface area contributed by atoms with Gasteiger partial charge in [0, 0.05) is 25.5 Å². The second kappa shape index (κ2) is 10.8. The summed E-state index contributed by atoms with van der Waals surface area (Å²) in [5, 5.41) is 42.9. The Labute approximate surface area is 150 Å². The molecule has 0 radical (unpaired) electrons. The van der Waals surface area contributed by atoms with Gasteiger partial charge in [-0.2, -0.15) is 0 Å². The predicted octanol–water partition coefficient (Wildman–Crippen LogP) is -2.15. The fraction of sp³-hybridized carbons (Fsp3) is 0.562. The predicted molar refractivity (Wildman–Crippen MR) is 89.7 cm³/mol. The van der Waals surface area contributed by atoms with E-state index < -0.39 is 36.9 Å². The van der Waals surface area contributed by atoms with Crippen molar-refractivity contribution >= 4 is 11.9 Å². The van der Waals surface area contributed by atoms with Gasteiger partial charge in [-0.3, -0.25) is 9.78 Å². The van der Waals surface area contributed by atoms with Crippen molar-refractivity contribution in [3.05, 3.63) is 30.1 Å². The summed E-state index contributed by atoms with van der Waals surface area (Å²) < 4.78 is 0. The van der Waals surface area contributed by atoms with Gasteiger partial charge in [0.05, 0.1) is 6.61 Å². The molecule has 0 unspecified atom stereocenters. The molecule has 10 nitrogen and oxygen atoms in total. The normalized spacial score (nSPS) is 18.3. The fourth-order valence-corrected chi connectivity index (χ4v) is 2.32. The standard InChI is InChI=1S/C12H17N3O2.C4H8O5/c13-10(12(17)15-7-1-2-8-15)11(16)9-3-5-14-6-4-9;5-1-2(6)3(7)4(8)9/h3-6,10-11,16H,1-2,7-8,13H2;2-3,5-7H,1H2,(H,8,9)/t10-,11+;2-,3+/m10/s1. The van der Waals surface area contributed by atoms with Crippen LogP contribution in [0, 0.1) is 0 Å². The molecule has 2 heterocycles. The van der Waals surface area contributed by atoms with Gasteiger partial charge in [-0.15, -0.1) is 0 Å². The molecule has 10 heteroatoms. The van der Waals surface area contributed by atoms with Crippen molar-refractivity contribution in [3.8, 4) is 0 Å². The average Bonchev–Trinajstić information content (AvgIpc) is 3.20. The molecule has 1 saturated heterocycles. The maximum Gasteiger partial charge on any atom is 0.335 e. The lowest BCUT2D eigenvalue weighted by molar-refractivity contribution is -0.154. The van der Waals surface area contributed by atoms with Crippen LogP contribution in [0.5, 0.6) is 0 Å². The van der Waals surface area contributed by atoms with E-state index in [0.29, 0.717) is 5.56 Å². The first-order valence-corrected chi connectivity index (χ1v) is 8.11. The van der Waals surface area contributed by atoms with E-state index in [1.54, 1.807) is 29.4 Å². The molecule has 26 heavy (non-hydrogen) atoms. The van der Waals surface area contributed by atoms with Gasteiger partial charge >= 0.3 is 5.97 Å². The molecule has 1 fully saturated rings. The Bertz CT molecular complexity index is 566. The summed E-state index contributed by atoms with van der Waals surface area (Å²) in [6, 6.07) is 2.44. The van der Waals surface area contributed by atoms with Crippen LogP contribution in [0.1, 0.15) is 24.5 Å². The summed E-state index contributed by atoms with van der Waals surface area (Å²) in [6.45, 7) is 0.735. The molecule has 1 aromatic rings. The largest absolute Gasteiger partial charge is 0.479 e. The van der Waals surface area contributed by atoms with Gasteiger partial charge < -0.3 is 36.2 Å². The van der Waals surface area contributed by atoms with E-state index in [1.807, 2.05) is 0 Å². The molecule has 2 rings (SSSR count). The van der Waals surface area contributed by atoms with Crippen LogP contribution in [-0.4, -0.2) is 85.2 Å². The summed E-state index contributed by atoms with van der Waals surface area (Å²) in [5.41, 5.74) is 6.44. The number of aliphatic carboxylic acids is 1. The summed E-state index contributed by atoms with van der Waals surface area (Å²) >= 11 is 0. The van der Waals surface area contributed by atoms with E-state index in [1.165, 1.54) is 0 Å². The minimum Gasteiger partial charge on any atom is -0.479 e. The third-order valence-electron chi connectivity index (χ3n) is 3.90. The van der Waals surface area contributed by atoms with Gasteiger partial charge in [0.1, 0.15) is 18.2 Å². The van der Waals surface area contributed by atoms with E-state index in [4.69, 9.17) is 26.2 Å². The van der Waals surface area contributed by atoms with Crippen LogP contribution in [0.3, 0.4) is 0 Å². The molecular formula is C16H25N3O7.